The maximum atomic E-state index is 12.4. The molecule has 0 radical (unpaired) electrons. The number of nitrogens with one attached hydrogen (secondary N) is 2. The lowest BCUT2D eigenvalue weighted by Crippen LogP contribution is -2.43. The van der Waals surface area contributed by atoms with Gasteiger partial charge in [0.05, 0.1) is 4.92 Å². The largest absolute Gasteiger partial charge is 0.344 e. The lowest BCUT2D eigenvalue weighted by atomic mass is 10.3. The third-order valence-corrected chi connectivity index (χ3v) is 5.53. The number of nitro benzene ring substituents is 1. The molecule has 1 saturated heterocycles. The van der Waals surface area contributed by atoms with Gasteiger partial charge in [0.15, 0.2) is 4.90 Å². The molecular formula is C12H14N6O4S2. The molecule has 0 bridgehead atoms. The third-order valence-electron chi connectivity index (χ3n) is 3.38. The second kappa shape index (κ2) is 6.67. The summed E-state index contributed by atoms with van der Waals surface area (Å²) in [5.41, 5.74) is -0.498. The van der Waals surface area contributed by atoms with E-state index in [0.29, 0.717) is 5.13 Å². The van der Waals surface area contributed by atoms with Gasteiger partial charge in [-0.05, 0) is 6.07 Å². The van der Waals surface area contributed by atoms with Crippen LogP contribution in [0.25, 0.3) is 0 Å². The maximum absolute atomic E-state index is 12.4. The molecule has 1 aromatic heterocycles. The molecule has 24 heavy (non-hydrogen) atoms. The minimum Gasteiger partial charge on any atom is -0.344 e. The number of hydrogen-bond donors (Lipinski definition) is 2. The molecule has 128 valence electrons. The van der Waals surface area contributed by atoms with E-state index < -0.39 is 25.5 Å². The normalized spacial score (nSPS) is 15.2. The van der Waals surface area contributed by atoms with E-state index in [0.717, 1.165) is 43.8 Å². The van der Waals surface area contributed by atoms with Gasteiger partial charge in [-0.25, -0.2) is 13.1 Å². The van der Waals surface area contributed by atoms with Crippen LogP contribution in [-0.4, -0.2) is 48.9 Å². The summed E-state index contributed by atoms with van der Waals surface area (Å²) in [7, 11) is -4.15. The van der Waals surface area contributed by atoms with Crippen molar-refractivity contribution >= 4 is 38.3 Å². The van der Waals surface area contributed by atoms with Gasteiger partial charge in [-0.3, -0.25) is 10.1 Å². The van der Waals surface area contributed by atoms with E-state index in [-0.39, 0.29) is 5.95 Å². The molecule has 2 aromatic rings. The van der Waals surface area contributed by atoms with Crippen molar-refractivity contribution in [3.8, 4) is 0 Å². The quantitative estimate of drug-likeness (QED) is 0.580. The number of nitrogens with zero attached hydrogens (tertiary/aromatic N) is 4. The van der Waals surface area contributed by atoms with E-state index in [1.165, 1.54) is 18.2 Å². The number of sulfonamides is 1. The molecule has 1 aromatic carbocycles. The fraction of sp³-hybridized carbons (Fsp3) is 0.333. The topological polar surface area (TPSA) is 130 Å². The van der Waals surface area contributed by atoms with E-state index in [4.69, 9.17) is 0 Å². The van der Waals surface area contributed by atoms with Crippen LogP contribution in [0.5, 0.6) is 0 Å². The summed E-state index contributed by atoms with van der Waals surface area (Å²) in [4.78, 5) is 16.0. The predicted molar refractivity (Wildman–Crippen MR) is 88.9 cm³/mol. The Bertz CT molecular complexity index is 847. The summed E-state index contributed by atoms with van der Waals surface area (Å²) in [6.45, 7) is 3.14. The first kappa shape index (κ1) is 16.5. The Balaban J connectivity index is 1.83. The highest BCUT2D eigenvalue weighted by Gasteiger charge is 2.26. The van der Waals surface area contributed by atoms with Crippen LogP contribution in [0.15, 0.2) is 29.2 Å². The molecule has 2 N–H and O–H groups in total. The maximum Gasteiger partial charge on any atom is 0.289 e. The van der Waals surface area contributed by atoms with Crippen LogP contribution in [0, 0.1) is 10.1 Å². The fourth-order valence-corrected chi connectivity index (χ4v) is 4.11. The Morgan fingerprint density at radius 2 is 2.00 bits per heavy atom. The van der Waals surface area contributed by atoms with Gasteiger partial charge >= 0.3 is 0 Å². The zero-order chi connectivity index (χ0) is 17.2. The summed E-state index contributed by atoms with van der Waals surface area (Å²) < 4.78 is 31.0. The minimum absolute atomic E-state index is 0.0910. The van der Waals surface area contributed by atoms with Crippen LogP contribution >= 0.6 is 11.5 Å². The summed E-state index contributed by atoms with van der Waals surface area (Å²) in [6, 6.07) is 5.13. The predicted octanol–water partition coefficient (Wildman–Crippen LogP) is 0.657. The fourth-order valence-electron chi connectivity index (χ4n) is 2.25. The lowest BCUT2D eigenvalue weighted by molar-refractivity contribution is -0.387. The van der Waals surface area contributed by atoms with Crippen LogP contribution in [0.1, 0.15) is 0 Å². The number of rotatable bonds is 5. The first-order valence-corrected chi connectivity index (χ1v) is 9.28. The molecule has 0 unspecified atom stereocenters. The molecule has 3 rings (SSSR count). The number of benzene rings is 1. The molecule has 0 spiro atoms. The summed E-state index contributed by atoms with van der Waals surface area (Å²) in [5, 5.41) is 14.8. The first-order valence-electron chi connectivity index (χ1n) is 7.03. The molecule has 2 heterocycles. The molecule has 0 atom stereocenters. The van der Waals surface area contributed by atoms with Crippen LogP contribution < -0.4 is 14.9 Å². The van der Waals surface area contributed by atoms with Crippen molar-refractivity contribution in [3.05, 3.63) is 34.4 Å². The van der Waals surface area contributed by atoms with Crippen LogP contribution in [0.3, 0.4) is 0 Å². The second-order valence-corrected chi connectivity index (χ2v) is 7.35. The SMILES string of the molecule is O=[N+]([O-])c1ccccc1S(=O)(=O)Nc1nsc(N2CCNCC2)n1. The molecule has 1 aliphatic rings. The highest BCUT2D eigenvalue weighted by molar-refractivity contribution is 7.92. The third kappa shape index (κ3) is 3.44. The Labute approximate surface area is 141 Å². The van der Waals surface area contributed by atoms with Gasteiger partial charge in [-0.1, -0.05) is 12.1 Å². The van der Waals surface area contributed by atoms with Crippen LogP contribution in [0.4, 0.5) is 16.8 Å². The molecular weight excluding hydrogens is 356 g/mol. The van der Waals surface area contributed by atoms with Crippen molar-refractivity contribution in [3.63, 3.8) is 0 Å². The van der Waals surface area contributed by atoms with E-state index in [1.54, 1.807) is 0 Å². The summed E-state index contributed by atoms with van der Waals surface area (Å²) in [6.07, 6.45) is 0. The van der Waals surface area contributed by atoms with Gasteiger partial charge in [-0.2, -0.15) is 9.36 Å². The molecule has 12 heteroatoms. The average Bonchev–Trinajstić information content (AvgIpc) is 3.03. The van der Waals surface area contributed by atoms with Gasteiger partial charge in [0, 0.05) is 43.8 Å². The van der Waals surface area contributed by atoms with Gasteiger partial charge in [-0.15, -0.1) is 0 Å². The smallest absolute Gasteiger partial charge is 0.289 e. The highest BCUT2D eigenvalue weighted by atomic mass is 32.2. The van der Waals surface area contributed by atoms with Gasteiger partial charge in [0.1, 0.15) is 0 Å². The standard InChI is InChI=1S/C12H14N6O4S2/c19-18(20)9-3-1-2-4-10(9)24(21,22)16-11-14-12(23-15-11)17-7-5-13-6-8-17/h1-4,13H,5-8H2,(H,15,16). The number of piperazine rings is 1. The molecule has 0 amide bonds. The number of hydrogen-bond acceptors (Lipinski definition) is 9. The van der Waals surface area contributed by atoms with Crippen molar-refractivity contribution in [1.82, 2.24) is 14.7 Å². The number of nitro groups is 1. The summed E-state index contributed by atoms with van der Waals surface area (Å²) in [5.74, 6) is -0.0910. The molecule has 10 nitrogen and oxygen atoms in total. The van der Waals surface area contributed by atoms with Crippen LogP contribution in [-0.2, 0) is 10.0 Å². The van der Waals surface area contributed by atoms with E-state index >= 15 is 0 Å². The molecule has 0 saturated carbocycles. The van der Waals surface area contributed by atoms with Crippen molar-refractivity contribution in [2.24, 2.45) is 0 Å². The zero-order valence-electron chi connectivity index (χ0n) is 12.4. The van der Waals surface area contributed by atoms with Gasteiger partial charge < -0.3 is 10.2 Å². The van der Waals surface area contributed by atoms with Crippen molar-refractivity contribution in [1.29, 1.82) is 0 Å². The molecule has 1 aliphatic heterocycles. The Morgan fingerprint density at radius 1 is 1.29 bits per heavy atom. The first-order chi connectivity index (χ1) is 11.5. The Morgan fingerprint density at radius 3 is 2.71 bits per heavy atom. The van der Waals surface area contributed by atoms with Gasteiger partial charge in [0.2, 0.25) is 5.13 Å². The van der Waals surface area contributed by atoms with Crippen molar-refractivity contribution < 1.29 is 13.3 Å². The Kier molecular flexibility index (Phi) is 4.59. The van der Waals surface area contributed by atoms with Gasteiger partial charge in [0.25, 0.3) is 21.7 Å². The van der Waals surface area contributed by atoms with Crippen molar-refractivity contribution in [2.75, 3.05) is 35.8 Å². The lowest BCUT2D eigenvalue weighted by Gasteiger charge is -2.26. The van der Waals surface area contributed by atoms with E-state index in [9.17, 15) is 18.5 Å². The monoisotopic (exact) mass is 370 g/mol. The summed E-state index contributed by atoms with van der Waals surface area (Å²) >= 11 is 1.08. The molecule has 0 aliphatic carbocycles. The minimum atomic E-state index is -4.15. The van der Waals surface area contributed by atoms with Crippen LogP contribution in [0.2, 0.25) is 0 Å². The van der Waals surface area contributed by atoms with E-state index in [1.807, 2.05) is 4.90 Å². The number of anilines is 2. The number of para-hydroxylation sites is 1. The van der Waals surface area contributed by atoms with Crippen molar-refractivity contribution in [2.45, 2.75) is 4.90 Å². The Hall–Kier alpha value is -2.31. The number of aromatic nitrogens is 2. The highest BCUT2D eigenvalue weighted by Crippen LogP contribution is 2.26. The van der Waals surface area contributed by atoms with E-state index in [2.05, 4.69) is 19.4 Å². The zero-order valence-corrected chi connectivity index (χ0v) is 14.0. The molecule has 1 fully saturated rings. The average molecular weight is 370 g/mol. The second-order valence-electron chi connectivity index (χ2n) is 4.97.